The van der Waals surface area contributed by atoms with Crippen LogP contribution in [0.1, 0.15) is 51.2 Å². The number of hydrogen-bond acceptors (Lipinski definition) is 3. The maximum absolute atomic E-state index is 11.7. The monoisotopic (exact) mass is 288 g/mol. The number of terminal acetylenes is 1. The Bertz CT molecular complexity index is 555. The molecule has 0 aliphatic carbocycles. The zero-order chi connectivity index (χ0) is 14.8. The molecule has 1 aromatic rings. The number of ether oxygens (including phenoxy) is 1. The molecule has 0 saturated heterocycles. The van der Waals surface area contributed by atoms with E-state index in [1.807, 2.05) is 19.1 Å². The lowest BCUT2D eigenvalue weighted by Gasteiger charge is -2.36. The molecule has 3 heteroatoms. The second-order valence-corrected chi connectivity index (χ2v) is 6.93. The minimum absolute atomic E-state index is 0.0371. The van der Waals surface area contributed by atoms with Crippen LogP contribution in [0, 0.1) is 12.3 Å². The van der Waals surface area contributed by atoms with Gasteiger partial charge < -0.3 is 4.74 Å². The highest BCUT2D eigenvalue weighted by Gasteiger charge is 2.35. The Hall–Kier alpha value is -1.40. The first-order valence-corrected chi connectivity index (χ1v) is 7.81. The molecule has 1 aliphatic rings. The van der Waals surface area contributed by atoms with E-state index in [1.54, 1.807) is 11.8 Å². The van der Waals surface area contributed by atoms with Crippen molar-refractivity contribution in [2.75, 3.05) is 0 Å². The van der Waals surface area contributed by atoms with Crippen molar-refractivity contribution in [2.45, 2.75) is 55.8 Å². The standard InChI is InChI=1S/C17H20O2S/c1-5-7-15(18)19-16-11-17(3,4)13-10-12(6-2)8-9-14(13)20-16/h2,8-10,16H,5,7,11H2,1,3-4H3. The second kappa shape index (κ2) is 5.93. The summed E-state index contributed by atoms with van der Waals surface area (Å²) in [6.45, 7) is 6.33. The van der Waals surface area contributed by atoms with Gasteiger partial charge in [-0.3, -0.25) is 4.79 Å². The summed E-state index contributed by atoms with van der Waals surface area (Å²) in [5.41, 5.74) is 2.01. The van der Waals surface area contributed by atoms with Crippen LogP contribution < -0.4 is 0 Å². The third-order valence-corrected chi connectivity index (χ3v) is 4.66. The third-order valence-electron chi connectivity index (χ3n) is 3.53. The third kappa shape index (κ3) is 3.19. The molecule has 0 aromatic heterocycles. The Labute approximate surface area is 125 Å². The molecule has 0 spiro atoms. The van der Waals surface area contributed by atoms with Gasteiger partial charge in [0, 0.05) is 23.3 Å². The molecule has 1 heterocycles. The van der Waals surface area contributed by atoms with Gasteiger partial charge in [-0.25, -0.2) is 0 Å². The van der Waals surface area contributed by atoms with Crippen molar-refractivity contribution in [1.82, 2.24) is 0 Å². The van der Waals surface area contributed by atoms with Crippen LogP contribution in [0.2, 0.25) is 0 Å². The first-order chi connectivity index (χ1) is 9.46. The summed E-state index contributed by atoms with van der Waals surface area (Å²) in [6.07, 6.45) is 7.59. The summed E-state index contributed by atoms with van der Waals surface area (Å²) in [5.74, 6) is 2.57. The van der Waals surface area contributed by atoms with Crippen LogP contribution in [0.3, 0.4) is 0 Å². The van der Waals surface area contributed by atoms with Crippen LogP contribution in [0.4, 0.5) is 0 Å². The zero-order valence-corrected chi connectivity index (χ0v) is 13.0. The minimum Gasteiger partial charge on any atom is -0.451 e. The Balaban J connectivity index is 2.22. The lowest BCUT2D eigenvalue weighted by atomic mass is 9.80. The van der Waals surface area contributed by atoms with E-state index in [-0.39, 0.29) is 16.8 Å². The highest BCUT2D eigenvalue weighted by atomic mass is 32.2. The summed E-state index contributed by atoms with van der Waals surface area (Å²) in [4.78, 5) is 12.8. The van der Waals surface area contributed by atoms with Gasteiger partial charge in [-0.1, -0.05) is 38.5 Å². The molecular formula is C17H20O2S. The van der Waals surface area contributed by atoms with Crippen LogP contribution in [0.25, 0.3) is 0 Å². The van der Waals surface area contributed by atoms with E-state index in [4.69, 9.17) is 11.2 Å². The molecule has 2 rings (SSSR count). The molecule has 0 saturated carbocycles. The maximum Gasteiger partial charge on any atom is 0.306 e. The van der Waals surface area contributed by atoms with E-state index in [0.717, 1.165) is 23.3 Å². The highest BCUT2D eigenvalue weighted by molar-refractivity contribution is 7.99. The van der Waals surface area contributed by atoms with E-state index < -0.39 is 0 Å². The zero-order valence-electron chi connectivity index (χ0n) is 12.2. The smallest absolute Gasteiger partial charge is 0.306 e. The molecule has 0 N–H and O–H groups in total. The van der Waals surface area contributed by atoms with E-state index in [9.17, 15) is 4.79 Å². The Morgan fingerprint density at radius 2 is 2.30 bits per heavy atom. The topological polar surface area (TPSA) is 26.3 Å². The second-order valence-electron chi connectivity index (χ2n) is 5.73. The molecule has 2 nitrogen and oxygen atoms in total. The molecule has 1 atom stereocenters. The average Bonchev–Trinajstić information content (AvgIpc) is 2.38. The molecule has 1 aromatic carbocycles. The fraction of sp³-hybridized carbons (Fsp3) is 0.471. The highest BCUT2D eigenvalue weighted by Crippen LogP contribution is 2.46. The van der Waals surface area contributed by atoms with Crippen LogP contribution in [-0.2, 0) is 14.9 Å². The number of thioether (sulfide) groups is 1. The molecule has 1 aliphatic heterocycles. The molecular weight excluding hydrogens is 268 g/mol. The Kier molecular flexibility index (Phi) is 4.45. The van der Waals surface area contributed by atoms with Gasteiger partial charge in [-0.2, -0.15) is 0 Å². The summed E-state index contributed by atoms with van der Waals surface area (Å²) in [7, 11) is 0. The van der Waals surface area contributed by atoms with Gasteiger partial charge in [0.25, 0.3) is 0 Å². The van der Waals surface area contributed by atoms with Crippen molar-refractivity contribution in [3.63, 3.8) is 0 Å². The Morgan fingerprint density at radius 1 is 1.55 bits per heavy atom. The first-order valence-electron chi connectivity index (χ1n) is 6.93. The largest absolute Gasteiger partial charge is 0.451 e. The van der Waals surface area contributed by atoms with Crippen molar-refractivity contribution in [3.8, 4) is 12.3 Å². The van der Waals surface area contributed by atoms with Gasteiger partial charge >= 0.3 is 5.97 Å². The summed E-state index contributed by atoms with van der Waals surface area (Å²) in [5, 5.41) is 0. The number of hydrogen-bond donors (Lipinski definition) is 0. The van der Waals surface area contributed by atoms with Gasteiger partial charge in [0.1, 0.15) is 0 Å². The minimum atomic E-state index is -0.107. The number of rotatable bonds is 3. The van der Waals surface area contributed by atoms with Crippen molar-refractivity contribution in [1.29, 1.82) is 0 Å². The van der Waals surface area contributed by atoms with Crippen LogP contribution >= 0.6 is 11.8 Å². The van der Waals surface area contributed by atoms with Gasteiger partial charge in [0.2, 0.25) is 0 Å². The Morgan fingerprint density at radius 3 is 2.95 bits per heavy atom. The number of fused-ring (bicyclic) bond motifs is 1. The molecule has 1 unspecified atom stereocenters. The van der Waals surface area contributed by atoms with E-state index in [1.165, 1.54) is 5.56 Å². The fourth-order valence-electron chi connectivity index (χ4n) is 2.44. The molecule has 0 bridgehead atoms. The van der Waals surface area contributed by atoms with Crippen LogP contribution in [0.5, 0.6) is 0 Å². The van der Waals surface area contributed by atoms with Crippen molar-refractivity contribution < 1.29 is 9.53 Å². The maximum atomic E-state index is 11.7. The van der Waals surface area contributed by atoms with E-state index in [2.05, 4.69) is 25.8 Å². The predicted molar refractivity (Wildman–Crippen MR) is 82.7 cm³/mol. The summed E-state index contributed by atoms with van der Waals surface area (Å²) in [6, 6.07) is 6.06. The van der Waals surface area contributed by atoms with E-state index >= 15 is 0 Å². The molecule has 106 valence electrons. The first kappa shape index (κ1) is 15.0. The van der Waals surface area contributed by atoms with Crippen molar-refractivity contribution >= 4 is 17.7 Å². The number of benzene rings is 1. The van der Waals surface area contributed by atoms with Gasteiger partial charge in [0.15, 0.2) is 5.44 Å². The van der Waals surface area contributed by atoms with Crippen LogP contribution in [-0.4, -0.2) is 11.4 Å². The molecule has 0 radical (unpaired) electrons. The normalized spacial score (nSPS) is 19.8. The lowest BCUT2D eigenvalue weighted by Crippen LogP contribution is -2.31. The van der Waals surface area contributed by atoms with Gasteiger partial charge in [0.05, 0.1) is 0 Å². The number of carbonyl (C=O) groups excluding carboxylic acids is 1. The number of carbonyl (C=O) groups is 1. The quantitative estimate of drug-likeness (QED) is 0.618. The van der Waals surface area contributed by atoms with Crippen molar-refractivity contribution in [3.05, 3.63) is 29.3 Å². The molecule has 20 heavy (non-hydrogen) atoms. The summed E-state index contributed by atoms with van der Waals surface area (Å²) >= 11 is 1.62. The van der Waals surface area contributed by atoms with Gasteiger partial charge in [-0.15, -0.1) is 6.42 Å². The molecule has 0 amide bonds. The van der Waals surface area contributed by atoms with Crippen molar-refractivity contribution in [2.24, 2.45) is 0 Å². The SMILES string of the molecule is C#Cc1ccc2c(c1)C(C)(C)CC(OC(=O)CCC)S2. The lowest BCUT2D eigenvalue weighted by molar-refractivity contribution is -0.145. The van der Waals surface area contributed by atoms with E-state index in [0.29, 0.717) is 6.42 Å². The number of esters is 1. The summed E-state index contributed by atoms with van der Waals surface area (Å²) < 4.78 is 5.56. The fourth-order valence-corrected chi connectivity index (χ4v) is 3.98. The molecule has 0 fully saturated rings. The predicted octanol–water partition coefficient (Wildman–Crippen LogP) is 4.11. The average molecular weight is 288 g/mol. The van der Waals surface area contributed by atoms with Crippen LogP contribution in [0.15, 0.2) is 23.1 Å². The van der Waals surface area contributed by atoms with Gasteiger partial charge in [-0.05, 0) is 35.6 Å².